The Morgan fingerprint density at radius 2 is 1.33 bits per heavy atom. The topological polar surface area (TPSA) is 151 Å². The molecule has 3 aromatic carbocycles. The minimum Gasteiger partial charge on any atom is -0.493 e. The van der Waals surface area contributed by atoms with E-state index < -0.39 is 23.2 Å². The molecule has 0 bridgehead atoms. The molecule has 51 heavy (non-hydrogen) atoms. The van der Waals surface area contributed by atoms with Gasteiger partial charge in [-0.15, -0.1) is 0 Å². The average molecular weight is 709 g/mol. The van der Waals surface area contributed by atoms with E-state index in [1.165, 1.54) is 40.1 Å². The van der Waals surface area contributed by atoms with Crippen LogP contribution in [0.15, 0.2) is 53.3 Å². The maximum atomic E-state index is 14.5. The molecule has 0 fully saturated rings. The number of pyridine rings is 1. The van der Waals surface area contributed by atoms with Crippen molar-refractivity contribution in [2.45, 2.75) is 26.4 Å². The van der Waals surface area contributed by atoms with Gasteiger partial charge in [0.15, 0.2) is 23.0 Å². The summed E-state index contributed by atoms with van der Waals surface area (Å²) < 4.78 is 51.0. The summed E-state index contributed by atoms with van der Waals surface area (Å²) in [6.07, 6.45) is -0.648. The molecule has 274 valence electrons. The second-order valence-corrected chi connectivity index (χ2v) is 11.9. The maximum Gasteiger partial charge on any atom is 0.412 e. The second-order valence-electron chi connectivity index (χ2n) is 11.9. The van der Waals surface area contributed by atoms with E-state index in [1.807, 2.05) is 0 Å². The number of benzene rings is 3. The number of rotatable bonds is 15. The molecule has 4 aromatic rings. The quantitative estimate of drug-likeness (QED) is 0.116. The standard InChI is InChI=1S/C37H44N2O12/c1-37(2,3)51-36(42)38-23-10-12-24(13-11-23)39-32(35(41)48-9)31(22-18-29(45-6)33(47-8)30(19-22)46-7)25-20-28(50-17-16-49-15-14-43-4)27(44-5)21-26(25)34(39)40/h10-13,18-21H,14-17H2,1-9H3,(H,38,42). The lowest BCUT2D eigenvalue weighted by Crippen LogP contribution is -2.27. The highest BCUT2D eigenvalue weighted by Crippen LogP contribution is 2.45. The summed E-state index contributed by atoms with van der Waals surface area (Å²) in [5, 5.41) is 3.22. The molecule has 0 aliphatic carbocycles. The number of ether oxygens (including phenoxy) is 9. The minimum atomic E-state index is -0.807. The van der Waals surface area contributed by atoms with Crippen molar-refractivity contribution in [3.05, 3.63) is 64.6 Å². The molecule has 14 nitrogen and oxygen atoms in total. The second kappa shape index (κ2) is 17.0. The number of hydrogen-bond donors (Lipinski definition) is 1. The maximum absolute atomic E-state index is 14.5. The van der Waals surface area contributed by atoms with Crippen LogP contribution < -0.4 is 34.6 Å². The van der Waals surface area contributed by atoms with Crippen LogP contribution in [-0.2, 0) is 18.9 Å². The third-order valence-corrected chi connectivity index (χ3v) is 7.49. The molecule has 14 heteroatoms. The highest BCUT2D eigenvalue weighted by molar-refractivity contribution is 6.08. The Balaban J connectivity index is 2.03. The molecule has 0 radical (unpaired) electrons. The first-order chi connectivity index (χ1) is 24.4. The number of nitrogens with zero attached hydrogens (tertiary/aromatic N) is 1. The summed E-state index contributed by atoms with van der Waals surface area (Å²) in [4.78, 5) is 40.8. The lowest BCUT2D eigenvalue weighted by atomic mass is 9.95. The van der Waals surface area contributed by atoms with Crippen molar-refractivity contribution in [1.82, 2.24) is 4.57 Å². The van der Waals surface area contributed by atoms with Gasteiger partial charge in [-0.1, -0.05) is 0 Å². The van der Waals surface area contributed by atoms with E-state index in [0.29, 0.717) is 64.1 Å². The van der Waals surface area contributed by atoms with E-state index in [9.17, 15) is 14.4 Å². The highest BCUT2D eigenvalue weighted by atomic mass is 16.6. The summed E-state index contributed by atoms with van der Waals surface area (Å²) in [6.45, 7) is 6.51. The number of hydrogen-bond acceptors (Lipinski definition) is 12. The van der Waals surface area contributed by atoms with Crippen molar-refractivity contribution in [2.75, 3.05) is 74.4 Å². The largest absolute Gasteiger partial charge is 0.493 e. The van der Waals surface area contributed by atoms with Crippen LogP contribution in [0.4, 0.5) is 10.5 Å². The van der Waals surface area contributed by atoms with Gasteiger partial charge in [-0.25, -0.2) is 9.59 Å². The van der Waals surface area contributed by atoms with E-state index in [4.69, 9.17) is 42.6 Å². The molecule has 0 spiro atoms. The Labute approximate surface area is 296 Å². The Bertz CT molecular complexity index is 1890. The molecule has 1 N–H and O–H groups in total. The molecule has 1 aromatic heterocycles. The predicted molar refractivity (Wildman–Crippen MR) is 191 cm³/mol. The van der Waals surface area contributed by atoms with Crippen molar-refractivity contribution < 1.29 is 52.2 Å². The Kier molecular flexibility index (Phi) is 12.7. The van der Waals surface area contributed by atoms with Crippen LogP contribution >= 0.6 is 0 Å². The first kappa shape index (κ1) is 38.3. The van der Waals surface area contributed by atoms with Gasteiger partial charge >= 0.3 is 12.1 Å². The number of nitrogens with one attached hydrogen (secondary N) is 1. The van der Waals surface area contributed by atoms with Crippen molar-refractivity contribution in [1.29, 1.82) is 0 Å². The SMILES string of the molecule is COCCOCCOc1cc2c(-c3cc(OC)c(OC)c(OC)c3)c(C(=O)OC)n(-c3ccc(NC(=O)OC(C)(C)C)cc3)c(=O)c2cc1OC. The summed E-state index contributed by atoms with van der Waals surface area (Å²) in [5.41, 5.74) is 0.0872. The van der Waals surface area contributed by atoms with Gasteiger partial charge in [0.05, 0.1) is 60.8 Å². The molecule has 0 saturated carbocycles. The molecule has 0 unspecified atom stereocenters. The zero-order valence-corrected chi connectivity index (χ0v) is 30.3. The monoisotopic (exact) mass is 708 g/mol. The number of aromatic nitrogens is 1. The summed E-state index contributed by atoms with van der Waals surface area (Å²) in [6, 6.07) is 12.9. The fraction of sp³-hybridized carbons (Fsp3) is 0.378. The van der Waals surface area contributed by atoms with Gasteiger partial charge in [0.2, 0.25) is 5.75 Å². The van der Waals surface area contributed by atoms with E-state index >= 15 is 0 Å². The van der Waals surface area contributed by atoms with Crippen molar-refractivity contribution in [3.63, 3.8) is 0 Å². The van der Waals surface area contributed by atoms with Crippen LogP contribution in [0.3, 0.4) is 0 Å². The molecular weight excluding hydrogens is 664 g/mol. The Hall–Kier alpha value is -5.47. The van der Waals surface area contributed by atoms with Gasteiger partial charge in [0.1, 0.15) is 17.9 Å². The van der Waals surface area contributed by atoms with Crippen molar-refractivity contribution in [2.24, 2.45) is 0 Å². The molecule has 0 aliphatic heterocycles. The first-order valence-corrected chi connectivity index (χ1v) is 15.9. The van der Waals surface area contributed by atoms with Gasteiger partial charge in [0, 0.05) is 29.4 Å². The van der Waals surface area contributed by atoms with Gasteiger partial charge in [0.25, 0.3) is 5.56 Å². The zero-order valence-electron chi connectivity index (χ0n) is 30.3. The number of carbonyl (C=O) groups excluding carboxylic acids is 2. The lowest BCUT2D eigenvalue weighted by molar-refractivity contribution is 0.0540. The number of carbonyl (C=O) groups is 2. The molecule has 0 saturated heterocycles. The van der Waals surface area contributed by atoms with Crippen LogP contribution in [0.5, 0.6) is 28.7 Å². The van der Waals surface area contributed by atoms with Gasteiger partial charge in [-0.3, -0.25) is 14.7 Å². The van der Waals surface area contributed by atoms with Gasteiger partial charge < -0.3 is 42.6 Å². The number of methoxy groups -OCH3 is 6. The third-order valence-electron chi connectivity index (χ3n) is 7.49. The number of esters is 1. The number of fused-ring (bicyclic) bond motifs is 1. The first-order valence-electron chi connectivity index (χ1n) is 15.9. The molecule has 1 heterocycles. The fourth-order valence-corrected chi connectivity index (χ4v) is 5.30. The molecule has 1 amide bonds. The van der Waals surface area contributed by atoms with Crippen molar-refractivity contribution in [3.8, 4) is 45.6 Å². The van der Waals surface area contributed by atoms with E-state index in [1.54, 1.807) is 76.4 Å². The molecule has 4 rings (SSSR count). The summed E-state index contributed by atoms with van der Waals surface area (Å²) in [5.74, 6) is 0.724. The number of amides is 1. The van der Waals surface area contributed by atoms with E-state index in [0.717, 1.165) is 0 Å². The Morgan fingerprint density at radius 1 is 0.725 bits per heavy atom. The van der Waals surface area contributed by atoms with Crippen LogP contribution in [0, 0.1) is 0 Å². The lowest BCUT2D eigenvalue weighted by Gasteiger charge is -2.22. The molecule has 0 atom stereocenters. The summed E-state index contributed by atoms with van der Waals surface area (Å²) >= 11 is 0. The minimum absolute atomic E-state index is 0.101. The van der Waals surface area contributed by atoms with Crippen LogP contribution in [-0.4, -0.2) is 91.3 Å². The number of anilines is 1. The predicted octanol–water partition coefficient (Wildman–Crippen LogP) is 5.87. The highest BCUT2D eigenvalue weighted by Gasteiger charge is 2.28. The molecule has 0 aliphatic rings. The average Bonchev–Trinajstić information content (AvgIpc) is 3.11. The van der Waals surface area contributed by atoms with Crippen molar-refractivity contribution >= 4 is 28.5 Å². The zero-order chi connectivity index (χ0) is 37.3. The summed E-state index contributed by atoms with van der Waals surface area (Å²) in [7, 11) is 8.69. The smallest absolute Gasteiger partial charge is 0.412 e. The van der Waals surface area contributed by atoms with Crippen LogP contribution in [0.2, 0.25) is 0 Å². The fourth-order valence-electron chi connectivity index (χ4n) is 5.30. The van der Waals surface area contributed by atoms with Crippen LogP contribution in [0.1, 0.15) is 31.3 Å². The van der Waals surface area contributed by atoms with Gasteiger partial charge in [-0.2, -0.15) is 0 Å². The molecular formula is C37H44N2O12. The van der Waals surface area contributed by atoms with E-state index in [-0.39, 0.29) is 30.0 Å². The normalized spacial score (nSPS) is 11.2. The Morgan fingerprint density at radius 3 is 1.88 bits per heavy atom. The van der Waals surface area contributed by atoms with Gasteiger partial charge in [-0.05, 0) is 74.9 Å². The third kappa shape index (κ3) is 8.83. The van der Waals surface area contributed by atoms with E-state index in [2.05, 4.69) is 5.32 Å². The van der Waals surface area contributed by atoms with Crippen LogP contribution in [0.25, 0.3) is 27.6 Å².